The molecule has 0 bridgehead atoms. The summed E-state index contributed by atoms with van der Waals surface area (Å²) in [5.41, 5.74) is 1.72. The molecule has 3 rings (SSSR count). The Hall–Kier alpha value is -3.20. The van der Waals surface area contributed by atoms with E-state index in [0.717, 1.165) is 12.0 Å². The molecule has 3 amide bonds. The highest BCUT2D eigenvalue weighted by Crippen LogP contribution is 2.17. The van der Waals surface area contributed by atoms with Crippen LogP contribution in [0.15, 0.2) is 36.4 Å². The van der Waals surface area contributed by atoms with Gasteiger partial charge < -0.3 is 19.9 Å². The van der Waals surface area contributed by atoms with E-state index in [-0.39, 0.29) is 36.4 Å². The van der Waals surface area contributed by atoms with Gasteiger partial charge in [-0.25, -0.2) is 0 Å². The first kappa shape index (κ1) is 23.5. The minimum atomic E-state index is -0.278. The Morgan fingerprint density at radius 2 is 2.00 bits per heavy atom. The summed E-state index contributed by atoms with van der Waals surface area (Å²) >= 11 is 0. The van der Waals surface area contributed by atoms with Crippen LogP contribution >= 0.6 is 0 Å². The van der Waals surface area contributed by atoms with Crippen molar-refractivity contribution in [3.63, 3.8) is 0 Å². The van der Waals surface area contributed by atoms with Gasteiger partial charge in [0.25, 0.3) is 11.8 Å². The van der Waals surface area contributed by atoms with E-state index in [4.69, 9.17) is 4.74 Å². The minimum Gasteiger partial charge on any atom is -0.383 e. The van der Waals surface area contributed by atoms with Crippen molar-refractivity contribution in [2.24, 2.45) is 0 Å². The molecule has 0 atom stereocenters. The van der Waals surface area contributed by atoms with Crippen LogP contribution in [0.4, 0.5) is 0 Å². The fraction of sp³-hybridized carbons (Fsp3) is 0.478. The summed E-state index contributed by atoms with van der Waals surface area (Å²) in [6.45, 7) is 5.20. The average molecular weight is 442 g/mol. The number of ether oxygens (including phenoxy) is 1. The lowest BCUT2D eigenvalue weighted by molar-refractivity contribution is -0.121. The third-order valence-electron chi connectivity index (χ3n) is 5.43. The van der Waals surface area contributed by atoms with Gasteiger partial charge in [-0.2, -0.15) is 5.10 Å². The van der Waals surface area contributed by atoms with Gasteiger partial charge in [-0.3, -0.25) is 19.1 Å². The summed E-state index contributed by atoms with van der Waals surface area (Å²) < 4.78 is 6.54. The molecule has 0 aliphatic carbocycles. The van der Waals surface area contributed by atoms with Crippen LogP contribution in [0.25, 0.3) is 0 Å². The number of aryl methyl sites for hydroxylation is 1. The fourth-order valence-electron chi connectivity index (χ4n) is 3.68. The molecule has 9 nitrogen and oxygen atoms in total. The molecule has 2 heterocycles. The molecule has 1 aliphatic heterocycles. The number of hydrogen-bond donors (Lipinski definition) is 1. The van der Waals surface area contributed by atoms with Gasteiger partial charge in [0.1, 0.15) is 5.69 Å². The van der Waals surface area contributed by atoms with Crippen LogP contribution in [0.1, 0.15) is 46.3 Å². The summed E-state index contributed by atoms with van der Waals surface area (Å²) in [5, 5.41) is 7.17. The molecule has 0 fully saturated rings. The Kier molecular flexibility index (Phi) is 8.38. The van der Waals surface area contributed by atoms with Crippen LogP contribution < -0.4 is 5.32 Å². The molecule has 0 saturated carbocycles. The van der Waals surface area contributed by atoms with Crippen LogP contribution in [0.2, 0.25) is 0 Å². The Labute approximate surface area is 188 Å². The van der Waals surface area contributed by atoms with Crippen molar-refractivity contribution in [1.82, 2.24) is 24.9 Å². The zero-order chi connectivity index (χ0) is 22.9. The smallest absolute Gasteiger partial charge is 0.274 e. The van der Waals surface area contributed by atoms with E-state index in [2.05, 4.69) is 10.4 Å². The number of carbonyl (C=O) groups excluding carboxylic acids is 3. The second kappa shape index (κ2) is 11.4. The van der Waals surface area contributed by atoms with Crippen LogP contribution in [0.5, 0.6) is 0 Å². The Morgan fingerprint density at radius 1 is 1.22 bits per heavy atom. The summed E-state index contributed by atoms with van der Waals surface area (Å²) in [4.78, 5) is 41.5. The van der Waals surface area contributed by atoms with Crippen LogP contribution in [-0.4, -0.2) is 77.2 Å². The maximum absolute atomic E-state index is 13.1. The fourth-order valence-corrected chi connectivity index (χ4v) is 3.68. The number of nitrogens with one attached hydrogen (secondary N) is 1. The van der Waals surface area contributed by atoms with Gasteiger partial charge in [-0.15, -0.1) is 0 Å². The number of hydrogen-bond acceptors (Lipinski definition) is 5. The number of rotatable bonds is 10. The first-order valence-corrected chi connectivity index (χ1v) is 11.0. The maximum Gasteiger partial charge on any atom is 0.274 e. The number of methoxy groups -OCH3 is 1. The summed E-state index contributed by atoms with van der Waals surface area (Å²) in [6, 6.07) is 11.4. The molecule has 32 heavy (non-hydrogen) atoms. The van der Waals surface area contributed by atoms with Gasteiger partial charge >= 0.3 is 0 Å². The zero-order valence-corrected chi connectivity index (χ0v) is 18.7. The SMILES string of the molecule is CCN(CCC(=O)NCCOC)C(=O)c1cc2n(n1)CCCN(Cc1ccccc1)C2=O. The standard InChI is InChI=1S/C23H31N5O4/c1-3-26(14-10-21(29)24-11-15-32-2)22(30)19-16-20-23(31)27(12-7-13-28(20)25-19)17-18-8-5-4-6-9-18/h4-6,8-9,16H,3,7,10-15,17H2,1-2H3,(H,24,29). The number of aromatic nitrogens is 2. The lowest BCUT2D eigenvalue weighted by Crippen LogP contribution is -2.36. The number of amides is 3. The van der Waals surface area contributed by atoms with E-state index in [1.54, 1.807) is 27.7 Å². The van der Waals surface area contributed by atoms with E-state index < -0.39 is 0 Å². The highest BCUT2D eigenvalue weighted by Gasteiger charge is 2.27. The molecular formula is C23H31N5O4. The first-order chi connectivity index (χ1) is 15.5. The van der Waals surface area contributed by atoms with Crippen molar-refractivity contribution in [3.05, 3.63) is 53.3 Å². The van der Waals surface area contributed by atoms with E-state index in [0.29, 0.717) is 45.0 Å². The van der Waals surface area contributed by atoms with Gasteiger partial charge in [0.2, 0.25) is 5.91 Å². The van der Waals surface area contributed by atoms with Crippen LogP contribution in [-0.2, 0) is 22.6 Å². The third kappa shape index (κ3) is 5.94. The lowest BCUT2D eigenvalue weighted by atomic mass is 10.2. The molecule has 0 saturated heterocycles. The van der Waals surface area contributed by atoms with E-state index in [1.165, 1.54) is 0 Å². The third-order valence-corrected chi connectivity index (χ3v) is 5.43. The molecule has 2 aromatic rings. The summed E-state index contributed by atoms with van der Waals surface area (Å²) in [6.07, 6.45) is 0.959. The summed E-state index contributed by atoms with van der Waals surface area (Å²) in [5.74, 6) is -0.542. The summed E-state index contributed by atoms with van der Waals surface area (Å²) in [7, 11) is 1.57. The number of nitrogens with zero attached hydrogens (tertiary/aromatic N) is 4. The molecule has 1 N–H and O–H groups in total. The van der Waals surface area contributed by atoms with Crippen molar-refractivity contribution in [2.75, 3.05) is 39.9 Å². The molecule has 0 spiro atoms. The first-order valence-electron chi connectivity index (χ1n) is 11.0. The second-order valence-corrected chi connectivity index (χ2v) is 7.68. The van der Waals surface area contributed by atoms with Gasteiger partial charge in [-0.1, -0.05) is 30.3 Å². The van der Waals surface area contributed by atoms with E-state index >= 15 is 0 Å². The molecule has 0 unspecified atom stereocenters. The molecule has 1 aromatic heterocycles. The van der Waals surface area contributed by atoms with Crippen molar-refractivity contribution in [1.29, 1.82) is 0 Å². The number of carbonyl (C=O) groups is 3. The van der Waals surface area contributed by atoms with Gasteiger partial charge in [-0.05, 0) is 18.9 Å². The predicted molar refractivity (Wildman–Crippen MR) is 119 cm³/mol. The normalized spacial score (nSPS) is 13.4. The largest absolute Gasteiger partial charge is 0.383 e. The van der Waals surface area contributed by atoms with Crippen LogP contribution in [0.3, 0.4) is 0 Å². The van der Waals surface area contributed by atoms with E-state index in [1.807, 2.05) is 37.3 Å². The highest BCUT2D eigenvalue weighted by atomic mass is 16.5. The Morgan fingerprint density at radius 3 is 2.72 bits per heavy atom. The highest BCUT2D eigenvalue weighted by molar-refractivity contribution is 5.98. The van der Waals surface area contributed by atoms with Crippen molar-refractivity contribution in [2.45, 2.75) is 32.9 Å². The molecule has 1 aliphatic rings. The topological polar surface area (TPSA) is 96.8 Å². The maximum atomic E-state index is 13.1. The van der Waals surface area contributed by atoms with Crippen molar-refractivity contribution >= 4 is 17.7 Å². The Balaban J connectivity index is 1.66. The number of benzene rings is 1. The minimum absolute atomic E-state index is 0.126. The van der Waals surface area contributed by atoms with Gasteiger partial charge in [0, 0.05) is 58.9 Å². The van der Waals surface area contributed by atoms with Gasteiger partial charge in [0.05, 0.1) is 6.61 Å². The molecule has 9 heteroatoms. The molecule has 0 radical (unpaired) electrons. The van der Waals surface area contributed by atoms with E-state index in [9.17, 15) is 14.4 Å². The molecule has 172 valence electrons. The lowest BCUT2D eigenvalue weighted by Gasteiger charge is -2.20. The van der Waals surface area contributed by atoms with Crippen molar-refractivity contribution in [3.8, 4) is 0 Å². The second-order valence-electron chi connectivity index (χ2n) is 7.68. The van der Waals surface area contributed by atoms with Crippen LogP contribution in [0, 0.1) is 0 Å². The number of fused-ring (bicyclic) bond motifs is 1. The molecule has 1 aromatic carbocycles. The molecular weight excluding hydrogens is 410 g/mol. The quantitative estimate of drug-likeness (QED) is 0.564. The van der Waals surface area contributed by atoms with Crippen molar-refractivity contribution < 1.29 is 19.1 Å². The predicted octanol–water partition coefficient (Wildman–Crippen LogP) is 1.54. The average Bonchev–Trinajstić information content (AvgIpc) is 3.17. The monoisotopic (exact) mass is 441 g/mol. The van der Waals surface area contributed by atoms with Gasteiger partial charge in [0.15, 0.2) is 5.69 Å². The Bertz CT molecular complexity index is 928. The zero-order valence-electron chi connectivity index (χ0n) is 18.7.